The summed E-state index contributed by atoms with van der Waals surface area (Å²) in [5.41, 5.74) is 1.33. The zero-order chi connectivity index (χ0) is 13.5. The SMILES string of the molecule is CCNc1ccncc1C(=O)NCC1COCCO1. The number of carbonyl (C=O) groups excluding carboxylic acids is 1. The third-order valence-corrected chi connectivity index (χ3v) is 2.81. The molecule has 19 heavy (non-hydrogen) atoms. The molecule has 6 heteroatoms. The molecule has 104 valence electrons. The smallest absolute Gasteiger partial charge is 0.255 e. The molecule has 1 aromatic heterocycles. The molecule has 0 radical (unpaired) electrons. The monoisotopic (exact) mass is 265 g/mol. The molecule has 2 rings (SSSR count). The van der Waals surface area contributed by atoms with Crippen LogP contribution in [0.1, 0.15) is 17.3 Å². The minimum atomic E-state index is -0.154. The zero-order valence-electron chi connectivity index (χ0n) is 11.0. The molecule has 1 unspecified atom stereocenters. The van der Waals surface area contributed by atoms with Crippen molar-refractivity contribution in [1.82, 2.24) is 10.3 Å². The van der Waals surface area contributed by atoms with Crippen molar-refractivity contribution < 1.29 is 14.3 Å². The van der Waals surface area contributed by atoms with Gasteiger partial charge in [0.25, 0.3) is 5.91 Å². The van der Waals surface area contributed by atoms with Gasteiger partial charge in [-0.1, -0.05) is 0 Å². The molecule has 1 aliphatic rings. The van der Waals surface area contributed by atoms with Gasteiger partial charge in [0.15, 0.2) is 0 Å². The Balaban J connectivity index is 1.91. The van der Waals surface area contributed by atoms with Crippen LogP contribution in [0.3, 0.4) is 0 Å². The molecular weight excluding hydrogens is 246 g/mol. The molecule has 2 heterocycles. The van der Waals surface area contributed by atoms with Gasteiger partial charge in [0.2, 0.25) is 0 Å². The summed E-state index contributed by atoms with van der Waals surface area (Å²) in [5, 5.41) is 5.98. The Hall–Kier alpha value is -1.66. The van der Waals surface area contributed by atoms with E-state index in [0.29, 0.717) is 31.9 Å². The number of amides is 1. The Kier molecular flexibility index (Phi) is 5.11. The summed E-state index contributed by atoms with van der Waals surface area (Å²) in [4.78, 5) is 16.1. The highest BCUT2D eigenvalue weighted by molar-refractivity contribution is 5.99. The Morgan fingerprint density at radius 3 is 3.16 bits per heavy atom. The van der Waals surface area contributed by atoms with Crippen molar-refractivity contribution in [3.63, 3.8) is 0 Å². The number of aromatic nitrogens is 1. The number of hydrogen-bond donors (Lipinski definition) is 2. The molecule has 2 N–H and O–H groups in total. The summed E-state index contributed by atoms with van der Waals surface area (Å²) in [6.45, 7) is 4.90. The molecule has 1 amide bonds. The second-order valence-electron chi connectivity index (χ2n) is 4.23. The molecule has 0 spiro atoms. The van der Waals surface area contributed by atoms with E-state index in [9.17, 15) is 4.79 Å². The van der Waals surface area contributed by atoms with E-state index >= 15 is 0 Å². The van der Waals surface area contributed by atoms with Crippen LogP contribution in [0.5, 0.6) is 0 Å². The first kappa shape index (κ1) is 13.8. The summed E-state index contributed by atoms with van der Waals surface area (Å²) in [6, 6.07) is 1.79. The second kappa shape index (κ2) is 7.06. The van der Waals surface area contributed by atoms with Crippen molar-refractivity contribution in [2.24, 2.45) is 0 Å². The van der Waals surface area contributed by atoms with Gasteiger partial charge >= 0.3 is 0 Å². The predicted molar refractivity (Wildman–Crippen MR) is 71.3 cm³/mol. The van der Waals surface area contributed by atoms with E-state index in [4.69, 9.17) is 9.47 Å². The van der Waals surface area contributed by atoms with E-state index in [0.717, 1.165) is 12.2 Å². The molecule has 0 bridgehead atoms. The van der Waals surface area contributed by atoms with E-state index in [-0.39, 0.29) is 12.0 Å². The standard InChI is InChI=1S/C13H19N3O3/c1-2-15-12-3-4-14-8-11(12)13(17)16-7-10-9-18-5-6-19-10/h3-4,8,10H,2,5-7,9H2,1H3,(H,14,15)(H,16,17). The van der Waals surface area contributed by atoms with E-state index < -0.39 is 0 Å². The van der Waals surface area contributed by atoms with Crippen LogP contribution in [0.2, 0.25) is 0 Å². The second-order valence-corrected chi connectivity index (χ2v) is 4.23. The van der Waals surface area contributed by atoms with Gasteiger partial charge in [-0.2, -0.15) is 0 Å². The number of hydrogen-bond acceptors (Lipinski definition) is 5. The molecular formula is C13H19N3O3. The number of rotatable bonds is 5. The van der Waals surface area contributed by atoms with Gasteiger partial charge in [0, 0.05) is 25.5 Å². The summed E-state index contributed by atoms with van der Waals surface area (Å²) in [5.74, 6) is -0.154. The maximum Gasteiger partial charge on any atom is 0.255 e. The summed E-state index contributed by atoms with van der Waals surface area (Å²) in [6.07, 6.45) is 3.15. The summed E-state index contributed by atoms with van der Waals surface area (Å²) in [7, 11) is 0. The topological polar surface area (TPSA) is 72.5 Å². The largest absolute Gasteiger partial charge is 0.385 e. The van der Waals surface area contributed by atoms with Crippen molar-refractivity contribution >= 4 is 11.6 Å². The fourth-order valence-electron chi connectivity index (χ4n) is 1.88. The predicted octanol–water partition coefficient (Wildman–Crippen LogP) is 0.659. The summed E-state index contributed by atoms with van der Waals surface area (Å²) < 4.78 is 10.8. The minimum absolute atomic E-state index is 0.0723. The van der Waals surface area contributed by atoms with Crippen molar-refractivity contribution in [3.05, 3.63) is 24.0 Å². The molecule has 0 saturated carbocycles. The molecule has 1 saturated heterocycles. The van der Waals surface area contributed by atoms with Crippen LogP contribution in [-0.4, -0.2) is 49.9 Å². The average molecular weight is 265 g/mol. The average Bonchev–Trinajstić information content (AvgIpc) is 2.47. The van der Waals surface area contributed by atoms with Crippen LogP contribution in [0.4, 0.5) is 5.69 Å². The molecule has 1 aromatic rings. The third kappa shape index (κ3) is 3.90. The molecule has 1 fully saturated rings. The fourth-order valence-corrected chi connectivity index (χ4v) is 1.88. The van der Waals surface area contributed by atoms with Gasteiger partial charge in [-0.05, 0) is 13.0 Å². The highest BCUT2D eigenvalue weighted by Gasteiger charge is 2.17. The fraction of sp³-hybridized carbons (Fsp3) is 0.538. The first-order valence-electron chi connectivity index (χ1n) is 6.46. The highest BCUT2D eigenvalue weighted by Crippen LogP contribution is 2.13. The van der Waals surface area contributed by atoms with Gasteiger partial charge in [0.1, 0.15) is 0 Å². The van der Waals surface area contributed by atoms with Crippen molar-refractivity contribution in [3.8, 4) is 0 Å². The normalized spacial score (nSPS) is 18.9. The van der Waals surface area contributed by atoms with E-state index in [1.54, 1.807) is 18.5 Å². The molecule has 1 atom stereocenters. The number of pyridine rings is 1. The molecule has 0 aromatic carbocycles. The lowest BCUT2D eigenvalue weighted by Crippen LogP contribution is -2.39. The van der Waals surface area contributed by atoms with Crippen molar-refractivity contribution in [2.45, 2.75) is 13.0 Å². The van der Waals surface area contributed by atoms with Gasteiger partial charge in [0.05, 0.1) is 37.2 Å². The van der Waals surface area contributed by atoms with Gasteiger partial charge in [-0.3, -0.25) is 9.78 Å². The van der Waals surface area contributed by atoms with Gasteiger partial charge < -0.3 is 20.1 Å². The zero-order valence-corrected chi connectivity index (χ0v) is 11.0. The van der Waals surface area contributed by atoms with Gasteiger partial charge in [-0.25, -0.2) is 0 Å². The van der Waals surface area contributed by atoms with E-state index in [1.807, 2.05) is 6.92 Å². The van der Waals surface area contributed by atoms with Crippen LogP contribution < -0.4 is 10.6 Å². The summed E-state index contributed by atoms with van der Waals surface area (Å²) >= 11 is 0. The van der Waals surface area contributed by atoms with Crippen LogP contribution >= 0.6 is 0 Å². The lowest BCUT2D eigenvalue weighted by Gasteiger charge is -2.23. The van der Waals surface area contributed by atoms with Crippen LogP contribution in [0.15, 0.2) is 18.5 Å². The highest BCUT2D eigenvalue weighted by atomic mass is 16.6. The molecule has 1 aliphatic heterocycles. The van der Waals surface area contributed by atoms with Crippen molar-refractivity contribution in [1.29, 1.82) is 0 Å². The number of nitrogens with zero attached hydrogens (tertiary/aromatic N) is 1. The Bertz CT molecular complexity index is 419. The lowest BCUT2D eigenvalue weighted by atomic mass is 10.2. The minimum Gasteiger partial charge on any atom is -0.385 e. The maximum atomic E-state index is 12.1. The maximum absolute atomic E-state index is 12.1. The number of nitrogens with one attached hydrogen (secondary N) is 2. The Labute approximate surface area is 112 Å². The number of ether oxygens (including phenoxy) is 2. The van der Waals surface area contributed by atoms with Crippen LogP contribution in [0.25, 0.3) is 0 Å². The van der Waals surface area contributed by atoms with Crippen molar-refractivity contribution in [2.75, 3.05) is 38.2 Å². The number of carbonyl (C=O) groups is 1. The van der Waals surface area contributed by atoms with Crippen LogP contribution in [-0.2, 0) is 9.47 Å². The van der Waals surface area contributed by atoms with E-state index in [1.165, 1.54) is 0 Å². The quantitative estimate of drug-likeness (QED) is 0.818. The van der Waals surface area contributed by atoms with Crippen LogP contribution in [0, 0.1) is 0 Å². The first-order valence-corrected chi connectivity index (χ1v) is 6.46. The third-order valence-electron chi connectivity index (χ3n) is 2.81. The Morgan fingerprint density at radius 1 is 1.53 bits per heavy atom. The van der Waals surface area contributed by atoms with Gasteiger partial charge in [-0.15, -0.1) is 0 Å². The molecule has 0 aliphatic carbocycles. The Morgan fingerprint density at radius 2 is 2.42 bits per heavy atom. The first-order chi connectivity index (χ1) is 9.31. The number of anilines is 1. The molecule has 6 nitrogen and oxygen atoms in total. The lowest BCUT2D eigenvalue weighted by molar-refractivity contribution is -0.0855. The van der Waals surface area contributed by atoms with E-state index in [2.05, 4.69) is 15.6 Å².